The lowest BCUT2D eigenvalue weighted by Crippen LogP contribution is -2.21. The van der Waals surface area contributed by atoms with Crippen LogP contribution in [0.1, 0.15) is 33.2 Å². The first-order chi connectivity index (χ1) is 7.69. The minimum absolute atomic E-state index is 0.0855. The van der Waals surface area contributed by atoms with Crippen LogP contribution in [0.4, 0.5) is 5.82 Å². The van der Waals surface area contributed by atoms with E-state index in [9.17, 15) is 4.79 Å². The van der Waals surface area contributed by atoms with Crippen LogP contribution >= 0.6 is 0 Å². The number of carbonyl (C=O) groups excluding carboxylic acids is 1. The molecule has 0 saturated carbocycles. The minimum Gasteiger partial charge on any atom is -0.372 e. The molecule has 0 aromatic carbocycles. The molecule has 1 unspecified atom stereocenters. The summed E-state index contributed by atoms with van der Waals surface area (Å²) in [7, 11) is 0. The summed E-state index contributed by atoms with van der Waals surface area (Å²) in [4.78, 5) is 11.5. The molecule has 1 rings (SSSR count). The van der Waals surface area contributed by atoms with E-state index in [1.54, 1.807) is 12.3 Å². The molecule has 1 amide bonds. The maximum absolute atomic E-state index is 11.5. The van der Waals surface area contributed by atoms with Crippen molar-refractivity contribution in [2.45, 2.75) is 33.2 Å². The Morgan fingerprint density at radius 2 is 2.38 bits per heavy atom. The van der Waals surface area contributed by atoms with Crippen LogP contribution in [0, 0.1) is 0 Å². The topological polar surface area (TPSA) is 56.1 Å². The van der Waals surface area contributed by atoms with Gasteiger partial charge in [0.15, 0.2) is 0 Å². The number of rotatable bonds is 6. The van der Waals surface area contributed by atoms with Crippen molar-refractivity contribution in [2.75, 3.05) is 18.5 Å². The standard InChI is InChI=1S/C11H19N3O2/c1-4-9(3)14-10(6-7-12-14)13-11(15)8-16-5-2/h6-7,9H,4-5,8H2,1-3H3,(H,13,15). The first-order valence-electron chi connectivity index (χ1n) is 5.60. The predicted octanol–water partition coefficient (Wildman–Crippen LogP) is 1.83. The molecular formula is C11H19N3O2. The number of aromatic nitrogens is 2. The maximum Gasteiger partial charge on any atom is 0.251 e. The molecule has 0 bridgehead atoms. The van der Waals surface area contributed by atoms with Crippen molar-refractivity contribution < 1.29 is 9.53 Å². The van der Waals surface area contributed by atoms with Gasteiger partial charge in [0.25, 0.3) is 5.91 Å². The summed E-state index contributed by atoms with van der Waals surface area (Å²) in [6, 6.07) is 2.06. The Bertz CT molecular complexity index is 336. The monoisotopic (exact) mass is 225 g/mol. The summed E-state index contributed by atoms with van der Waals surface area (Å²) in [6.07, 6.45) is 2.65. The SMILES string of the molecule is CCOCC(=O)Nc1ccnn1C(C)CC. The highest BCUT2D eigenvalue weighted by atomic mass is 16.5. The lowest BCUT2D eigenvalue weighted by molar-refractivity contribution is -0.120. The summed E-state index contributed by atoms with van der Waals surface area (Å²) in [5.74, 6) is 0.575. The van der Waals surface area contributed by atoms with Gasteiger partial charge in [-0.3, -0.25) is 4.79 Å². The number of hydrogen-bond acceptors (Lipinski definition) is 3. The van der Waals surface area contributed by atoms with Crippen LogP contribution in [0.15, 0.2) is 12.3 Å². The third-order valence-electron chi connectivity index (χ3n) is 2.38. The van der Waals surface area contributed by atoms with E-state index in [1.807, 2.05) is 11.6 Å². The van der Waals surface area contributed by atoms with E-state index in [0.29, 0.717) is 6.61 Å². The van der Waals surface area contributed by atoms with E-state index in [0.717, 1.165) is 12.2 Å². The zero-order valence-corrected chi connectivity index (χ0v) is 10.1. The number of anilines is 1. The van der Waals surface area contributed by atoms with E-state index >= 15 is 0 Å². The van der Waals surface area contributed by atoms with E-state index in [-0.39, 0.29) is 18.6 Å². The van der Waals surface area contributed by atoms with Gasteiger partial charge < -0.3 is 10.1 Å². The van der Waals surface area contributed by atoms with Crippen LogP contribution in [-0.2, 0) is 9.53 Å². The van der Waals surface area contributed by atoms with Crippen molar-refractivity contribution in [3.63, 3.8) is 0 Å². The van der Waals surface area contributed by atoms with Crippen LogP contribution in [0.2, 0.25) is 0 Å². The normalized spacial score (nSPS) is 12.4. The molecule has 1 atom stereocenters. The first-order valence-corrected chi connectivity index (χ1v) is 5.60. The summed E-state index contributed by atoms with van der Waals surface area (Å²) in [5.41, 5.74) is 0. The van der Waals surface area contributed by atoms with Gasteiger partial charge in [-0.25, -0.2) is 4.68 Å². The Morgan fingerprint density at radius 1 is 1.62 bits per heavy atom. The van der Waals surface area contributed by atoms with Crippen molar-refractivity contribution in [1.82, 2.24) is 9.78 Å². The fourth-order valence-corrected chi connectivity index (χ4v) is 1.31. The van der Waals surface area contributed by atoms with Crippen LogP contribution in [0.25, 0.3) is 0 Å². The molecule has 0 spiro atoms. The number of carbonyl (C=O) groups is 1. The van der Waals surface area contributed by atoms with Gasteiger partial charge in [-0.15, -0.1) is 0 Å². The van der Waals surface area contributed by atoms with Gasteiger partial charge in [0.2, 0.25) is 0 Å². The Morgan fingerprint density at radius 3 is 3.00 bits per heavy atom. The Labute approximate surface area is 95.8 Å². The van der Waals surface area contributed by atoms with Crippen molar-refractivity contribution in [3.05, 3.63) is 12.3 Å². The maximum atomic E-state index is 11.5. The lowest BCUT2D eigenvalue weighted by Gasteiger charge is -2.14. The fourth-order valence-electron chi connectivity index (χ4n) is 1.31. The lowest BCUT2D eigenvalue weighted by atomic mass is 10.3. The predicted molar refractivity (Wildman–Crippen MR) is 62.4 cm³/mol. The summed E-state index contributed by atoms with van der Waals surface area (Å²) in [5, 5.41) is 6.96. The summed E-state index contributed by atoms with van der Waals surface area (Å²) < 4.78 is 6.84. The van der Waals surface area contributed by atoms with Crippen LogP contribution in [0.3, 0.4) is 0 Å². The molecule has 0 saturated heterocycles. The number of amides is 1. The summed E-state index contributed by atoms with van der Waals surface area (Å²) in [6.45, 7) is 6.63. The Kier molecular flexibility index (Phi) is 4.98. The molecular weight excluding hydrogens is 206 g/mol. The second-order valence-corrected chi connectivity index (χ2v) is 3.60. The molecule has 0 aliphatic carbocycles. The molecule has 0 aliphatic rings. The second-order valence-electron chi connectivity index (χ2n) is 3.60. The average Bonchev–Trinajstić information content (AvgIpc) is 2.73. The second kappa shape index (κ2) is 6.27. The van der Waals surface area contributed by atoms with E-state index in [2.05, 4.69) is 24.3 Å². The number of hydrogen-bond donors (Lipinski definition) is 1. The molecule has 0 aliphatic heterocycles. The largest absolute Gasteiger partial charge is 0.372 e. The number of nitrogens with zero attached hydrogens (tertiary/aromatic N) is 2. The molecule has 5 heteroatoms. The average molecular weight is 225 g/mol. The van der Waals surface area contributed by atoms with Gasteiger partial charge in [0, 0.05) is 12.7 Å². The molecule has 90 valence electrons. The van der Waals surface area contributed by atoms with Crippen molar-refractivity contribution in [1.29, 1.82) is 0 Å². The van der Waals surface area contributed by atoms with Gasteiger partial charge in [0.05, 0.1) is 12.2 Å². The van der Waals surface area contributed by atoms with E-state index in [4.69, 9.17) is 4.74 Å². The fraction of sp³-hybridized carbons (Fsp3) is 0.636. The number of nitrogens with one attached hydrogen (secondary N) is 1. The smallest absolute Gasteiger partial charge is 0.251 e. The molecule has 0 radical (unpaired) electrons. The molecule has 1 aromatic rings. The quantitative estimate of drug-likeness (QED) is 0.803. The molecule has 1 heterocycles. The molecule has 16 heavy (non-hydrogen) atoms. The zero-order valence-electron chi connectivity index (χ0n) is 10.1. The molecule has 1 aromatic heterocycles. The Balaban J connectivity index is 2.59. The zero-order chi connectivity index (χ0) is 12.0. The van der Waals surface area contributed by atoms with Gasteiger partial charge in [-0.1, -0.05) is 6.92 Å². The van der Waals surface area contributed by atoms with Crippen molar-refractivity contribution in [3.8, 4) is 0 Å². The molecule has 0 fully saturated rings. The summed E-state index contributed by atoms with van der Waals surface area (Å²) >= 11 is 0. The number of ether oxygens (including phenoxy) is 1. The third kappa shape index (κ3) is 3.34. The first kappa shape index (κ1) is 12.7. The van der Waals surface area contributed by atoms with Gasteiger partial charge >= 0.3 is 0 Å². The van der Waals surface area contributed by atoms with Crippen LogP contribution < -0.4 is 5.32 Å². The van der Waals surface area contributed by atoms with Gasteiger partial charge in [0.1, 0.15) is 12.4 Å². The highest BCUT2D eigenvalue weighted by Gasteiger charge is 2.10. The minimum atomic E-state index is -0.146. The van der Waals surface area contributed by atoms with Crippen LogP contribution in [-0.4, -0.2) is 28.9 Å². The van der Waals surface area contributed by atoms with Gasteiger partial charge in [-0.2, -0.15) is 5.10 Å². The highest BCUT2D eigenvalue weighted by molar-refractivity contribution is 5.90. The third-order valence-corrected chi connectivity index (χ3v) is 2.38. The molecule has 5 nitrogen and oxygen atoms in total. The highest BCUT2D eigenvalue weighted by Crippen LogP contribution is 2.16. The molecule has 1 N–H and O–H groups in total. The van der Waals surface area contributed by atoms with Crippen LogP contribution in [0.5, 0.6) is 0 Å². The van der Waals surface area contributed by atoms with Crippen molar-refractivity contribution >= 4 is 11.7 Å². The van der Waals surface area contributed by atoms with Gasteiger partial charge in [-0.05, 0) is 20.3 Å². The Hall–Kier alpha value is -1.36. The van der Waals surface area contributed by atoms with Crippen molar-refractivity contribution in [2.24, 2.45) is 0 Å². The van der Waals surface area contributed by atoms with E-state index < -0.39 is 0 Å². The van der Waals surface area contributed by atoms with E-state index in [1.165, 1.54) is 0 Å².